The fourth-order valence-corrected chi connectivity index (χ4v) is 4.74. The van der Waals surface area contributed by atoms with Gasteiger partial charge in [0.1, 0.15) is 0 Å². The molecule has 4 unspecified atom stereocenters. The number of fused-ring (bicyclic) bond motifs is 5. The Balaban J connectivity index is 2.01. The molecule has 3 aliphatic heterocycles. The first-order valence-electron chi connectivity index (χ1n) is 4.20. The highest BCUT2D eigenvalue weighted by Crippen LogP contribution is 2.44. The van der Waals surface area contributed by atoms with Gasteiger partial charge in [-0.1, -0.05) is 12.2 Å². The molecule has 66 valence electrons. The van der Waals surface area contributed by atoms with Crippen LogP contribution < -0.4 is 0 Å². The molecule has 0 aliphatic carbocycles. The SMILES string of the molecule is O=S1(=O)CC2C3C=CC(O3)C2C1. The van der Waals surface area contributed by atoms with E-state index < -0.39 is 9.84 Å². The highest BCUT2D eigenvalue weighted by atomic mass is 32.2. The summed E-state index contributed by atoms with van der Waals surface area (Å²) in [5.74, 6) is 1.18. The van der Waals surface area contributed by atoms with E-state index >= 15 is 0 Å². The topological polar surface area (TPSA) is 43.4 Å². The van der Waals surface area contributed by atoms with Crippen LogP contribution in [0.2, 0.25) is 0 Å². The minimum Gasteiger partial charge on any atom is -0.366 e. The van der Waals surface area contributed by atoms with Gasteiger partial charge in [-0.2, -0.15) is 0 Å². The molecular weight excluding hydrogens is 176 g/mol. The molecule has 0 spiro atoms. The van der Waals surface area contributed by atoms with E-state index in [0.717, 1.165) is 0 Å². The van der Waals surface area contributed by atoms with Crippen molar-refractivity contribution in [3.05, 3.63) is 12.2 Å². The van der Waals surface area contributed by atoms with Crippen LogP contribution in [0.25, 0.3) is 0 Å². The smallest absolute Gasteiger partial charge is 0.151 e. The number of ether oxygens (including phenoxy) is 1. The molecular formula is C8H10O3S. The van der Waals surface area contributed by atoms with Gasteiger partial charge < -0.3 is 4.74 Å². The monoisotopic (exact) mass is 186 g/mol. The van der Waals surface area contributed by atoms with Gasteiger partial charge in [0.15, 0.2) is 9.84 Å². The Hall–Kier alpha value is -0.350. The fraction of sp³-hybridized carbons (Fsp3) is 0.750. The third-order valence-electron chi connectivity index (χ3n) is 3.09. The minimum absolute atomic E-state index is 0.0947. The summed E-state index contributed by atoms with van der Waals surface area (Å²) in [4.78, 5) is 0. The van der Waals surface area contributed by atoms with E-state index in [-0.39, 0.29) is 24.0 Å². The molecule has 3 heterocycles. The minimum atomic E-state index is -2.75. The van der Waals surface area contributed by atoms with E-state index in [1.807, 2.05) is 12.2 Å². The molecule has 0 saturated carbocycles. The van der Waals surface area contributed by atoms with E-state index in [0.29, 0.717) is 11.5 Å². The Morgan fingerprint density at radius 2 is 1.58 bits per heavy atom. The van der Waals surface area contributed by atoms with E-state index in [2.05, 4.69) is 0 Å². The van der Waals surface area contributed by atoms with Gasteiger partial charge in [-0.05, 0) is 0 Å². The normalized spacial score (nSPS) is 53.0. The van der Waals surface area contributed by atoms with Crippen LogP contribution in [0.15, 0.2) is 12.2 Å². The predicted octanol–water partition coefficient (Wildman–Crippen LogP) is -0.0156. The van der Waals surface area contributed by atoms with Crippen molar-refractivity contribution < 1.29 is 13.2 Å². The van der Waals surface area contributed by atoms with Gasteiger partial charge in [0.2, 0.25) is 0 Å². The number of sulfone groups is 1. The average Bonchev–Trinajstić information content (AvgIpc) is 2.54. The fourth-order valence-electron chi connectivity index (χ4n) is 2.56. The second-order valence-electron chi connectivity index (χ2n) is 3.85. The van der Waals surface area contributed by atoms with E-state index in [4.69, 9.17) is 4.74 Å². The number of rotatable bonds is 0. The van der Waals surface area contributed by atoms with Crippen LogP contribution in [0.5, 0.6) is 0 Å². The zero-order valence-electron chi connectivity index (χ0n) is 6.51. The second-order valence-corrected chi connectivity index (χ2v) is 6.01. The Kier molecular flexibility index (Phi) is 1.14. The molecule has 2 fully saturated rings. The van der Waals surface area contributed by atoms with E-state index in [9.17, 15) is 8.42 Å². The first-order chi connectivity index (χ1) is 5.66. The molecule has 3 aliphatic rings. The highest BCUT2D eigenvalue weighted by Gasteiger charge is 2.53. The second kappa shape index (κ2) is 1.93. The summed E-state index contributed by atoms with van der Waals surface area (Å²) in [5.41, 5.74) is 0. The van der Waals surface area contributed by atoms with Crippen LogP contribution in [0, 0.1) is 11.8 Å². The summed E-state index contributed by atoms with van der Waals surface area (Å²) in [6.07, 6.45) is 4.20. The van der Waals surface area contributed by atoms with Gasteiger partial charge in [-0.15, -0.1) is 0 Å². The largest absolute Gasteiger partial charge is 0.366 e. The Morgan fingerprint density at radius 1 is 1.08 bits per heavy atom. The molecule has 4 heteroatoms. The molecule has 4 atom stereocenters. The summed E-state index contributed by atoms with van der Waals surface area (Å²) in [5, 5.41) is 0. The summed E-state index contributed by atoms with van der Waals surface area (Å²) in [7, 11) is -2.75. The zero-order valence-corrected chi connectivity index (χ0v) is 7.33. The van der Waals surface area contributed by atoms with Crippen molar-refractivity contribution in [3.8, 4) is 0 Å². The lowest BCUT2D eigenvalue weighted by Gasteiger charge is -2.13. The van der Waals surface area contributed by atoms with Crippen molar-refractivity contribution in [1.29, 1.82) is 0 Å². The van der Waals surface area contributed by atoms with Crippen LogP contribution in [0.4, 0.5) is 0 Å². The van der Waals surface area contributed by atoms with Crippen LogP contribution in [0.1, 0.15) is 0 Å². The van der Waals surface area contributed by atoms with Gasteiger partial charge >= 0.3 is 0 Å². The highest BCUT2D eigenvalue weighted by molar-refractivity contribution is 7.91. The maximum Gasteiger partial charge on any atom is 0.151 e. The van der Waals surface area contributed by atoms with Crippen molar-refractivity contribution in [3.63, 3.8) is 0 Å². The first-order valence-corrected chi connectivity index (χ1v) is 6.02. The Labute approximate surface area is 71.3 Å². The molecule has 3 nitrogen and oxygen atoms in total. The number of hydrogen-bond acceptors (Lipinski definition) is 3. The summed E-state index contributed by atoms with van der Waals surface area (Å²) in [6, 6.07) is 0. The summed E-state index contributed by atoms with van der Waals surface area (Å²) in [6.45, 7) is 0. The molecule has 2 bridgehead atoms. The third-order valence-corrected chi connectivity index (χ3v) is 4.88. The van der Waals surface area contributed by atoms with Crippen LogP contribution in [0.3, 0.4) is 0 Å². The van der Waals surface area contributed by atoms with Crippen LogP contribution >= 0.6 is 0 Å². The molecule has 12 heavy (non-hydrogen) atoms. The van der Waals surface area contributed by atoms with Gasteiger partial charge in [-0.25, -0.2) is 8.42 Å². The standard InChI is InChI=1S/C8H10O3S/c9-12(10)3-5-6(4-12)8-2-1-7(5)11-8/h1-2,5-8H,3-4H2. The molecule has 0 aromatic heterocycles. The molecule has 0 N–H and O–H groups in total. The predicted molar refractivity (Wildman–Crippen MR) is 43.4 cm³/mol. The van der Waals surface area contributed by atoms with E-state index in [1.54, 1.807) is 0 Å². The van der Waals surface area contributed by atoms with Crippen LogP contribution in [-0.4, -0.2) is 32.1 Å². The van der Waals surface area contributed by atoms with E-state index in [1.165, 1.54) is 0 Å². The molecule has 0 aromatic rings. The van der Waals surface area contributed by atoms with Crippen molar-refractivity contribution in [2.24, 2.45) is 11.8 Å². The van der Waals surface area contributed by atoms with Crippen molar-refractivity contribution >= 4 is 9.84 Å². The van der Waals surface area contributed by atoms with Gasteiger partial charge in [0.25, 0.3) is 0 Å². The Bertz CT molecular complexity index is 317. The van der Waals surface area contributed by atoms with Gasteiger partial charge in [-0.3, -0.25) is 0 Å². The van der Waals surface area contributed by atoms with Crippen molar-refractivity contribution in [1.82, 2.24) is 0 Å². The first kappa shape index (κ1) is 7.09. The quantitative estimate of drug-likeness (QED) is 0.499. The lowest BCUT2D eigenvalue weighted by Crippen LogP contribution is -2.21. The van der Waals surface area contributed by atoms with Crippen molar-refractivity contribution in [2.45, 2.75) is 12.2 Å². The number of hydrogen-bond donors (Lipinski definition) is 0. The summed E-state index contributed by atoms with van der Waals surface area (Å²) >= 11 is 0. The van der Waals surface area contributed by atoms with Gasteiger partial charge in [0.05, 0.1) is 23.7 Å². The lowest BCUT2D eigenvalue weighted by atomic mass is 9.86. The lowest BCUT2D eigenvalue weighted by molar-refractivity contribution is 0.105. The van der Waals surface area contributed by atoms with Crippen molar-refractivity contribution in [2.75, 3.05) is 11.5 Å². The summed E-state index contributed by atoms with van der Waals surface area (Å²) < 4.78 is 28.1. The zero-order chi connectivity index (χ0) is 8.34. The molecule has 0 radical (unpaired) electrons. The molecule has 2 saturated heterocycles. The molecule has 0 amide bonds. The average molecular weight is 186 g/mol. The van der Waals surface area contributed by atoms with Crippen LogP contribution in [-0.2, 0) is 14.6 Å². The maximum atomic E-state index is 11.3. The van der Waals surface area contributed by atoms with Gasteiger partial charge in [0, 0.05) is 11.8 Å². The maximum absolute atomic E-state index is 11.3. The molecule has 3 rings (SSSR count). The molecule has 0 aromatic carbocycles. The third kappa shape index (κ3) is 0.769. The Morgan fingerprint density at radius 3 is 2.08 bits per heavy atom.